The molecule has 0 spiro atoms. The molecule has 0 saturated carbocycles. The monoisotopic (exact) mass is 298 g/mol. The average molecular weight is 298 g/mol. The highest BCUT2D eigenvalue weighted by Crippen LogP contribution is 2.19. The lowest BCUT2D eigenvalue weighted by molar-refractivity contribution is 0.867. The zero-order valence-corrected chi connectivity index (χ0v) is 13.8. The van der Waals surface area contributed by atoms with Gasteiger partial charge in [-0.2, -0.15) is 0 Å². The van der Waals surface area contributed by atoms with E-state index in [1.165, 1.54) is 16.7 Å². The van der Waals surface area contributed by atoms with Gasteiger partial charge >= 0.3 is 0 Å². The minimum atomic E-state index is 0.541. The molecule has 0 fully saturated rings. The summed E-state index contributed by atoms with van der Waals surface area (Å²) in [5.41, 5.74) is 5.81. The first kappa shape index (κ1) is 15.5. The Balaban J connectivity index is 2.01. The summed E-state index contributed by atoms with van der Waals surface area (Å²) in [6.07, 6.45) is 0. The van der Waals surface area contributed by atoms with Crippen molar-refractivity contribution in [2.75, 3.05) is 10.6 Å². The van der Waals surface area contributed by atoms with Crippen LogP contribution in [0.2, 0.25) is 0 Å². The first-order chi connectivity index (χ1) is 9.95. The number of rotatable bonds is 3. The lowest BCUT2D eigenvalue weighted by Gasteiger charge is -2.13. The van der Waals surface area contributed by atoms with Crippen LogP contribution in [0.5, 0.6) is 0 Å². The van der Waals surface area contributed by atoms with Crippen molar-refractivity contribution in [3.05, 3.63) is 59.2 Å². The zero-order chi connectivity index (χ0) is 15.4. The molecule has 0 radical (unpaired) electrons. The van der Waals surface area contributed by atoms with E-state index in [9.17, 15) is 0 Å². The number of hydrogen-bond donors (Lipinski definition) is 2. The Labute approximate surface area is 132 Å². The molecule has 0 aliphatic rings. The van der Waals surface area contributed by atoms with Crippen LogP contribution in [0.15, 0.2) is 42.5 Å². The fourth-order valence-electron chi connectivity index (χ4n) is 2.19. The molecule has 2 rings (SSSR count). The molecular weight excluding hydrogens is 276 g/mol. The van der Waals surface area contributed by atoms with Crippen LogP contribution in [0.4, 0.5) is 11.4 Å². The second-order valence-electron chi connectivity index (χ2n) is 5.67. The molecule has 2 aromatic carbocycles. The number of aryl methyl sites for hydroxylation is 2. The summed E-state index contributed by atoms with van der Waals surface area (Å²) in [6.45, 7) is 8.54. The number of nitrogens with one attached hydrogen (secondary N) is 2. The van der Waals surface area contributed by atoms with Gasteiger partial charge in [0.2, 0.25) is 0 Å². The van der Waals surface area contributed by atoms with Crippen LogP contribution in [0.25, 0.3) is 0 Å². The Morgan fingerprint density at radius 3 is 2.19 bits per heavy atom. The van der Waals surface area contributed by atoms with Crippen molar-refractivity contribution in [3.63, 3.8) is 0 Å². The van der Waals surface area contributed by atoms with Gasteiger partial charge in [0, 0.05) is 11.4 Å². The summed E-state index contributed by atoms with van der Waals surface area (Å²) >= 11 is 5.37. The first-order valence-electron chi connectivity index (χ1n) is 7.21. The maximum absolute atomic E-state index is 5.37. The van der Waals surface area contributed by atoms with Crippen molar-refractivity contribution in [2.45, 2.75) is 33.6 Å². The predicted octanol–water partition coefficient (Wildman–Crippen LogP) is 5.24. The smallest absolute Gasteiger partial charge is 0.175 e. The van der Waals surface area contributed by atoms with E-state index in [1.54, 1.807) is 0 Å². The fraction of sp³-hybridized carbons (Fsp3) is 0.278. The largest absolute Gasteiger partial charge is 0.332 e. The molecule has 0 bridgehead atoms. The van der Waals surface area contributed by atoms with Crippen molar-refractivity contribution in [2.24, 2.45) is 0 Å². The molecular formula is C18H22N2S. The standard InChI is InChI=1S/C18H22N2S/c1-12(2)15-6-8-16(9-7-15)19-18(21)20-17-10-5-13(3)11-14(17)4/h5-12H,1-4H3,(H2,19,20,21). The molecule has 2 N–H and O–H groups in total. The summed E-state index contributed by atoms with van der Waals surface area (Å²) in [5.74, 6) is 0.541. The van der Waals surface area contributed by atoms with Gasteiger partial charge in [0.25, 0.3) is 0 Å². The second-order valence-corrected chi connectivity index (χ2v) is 6.08. The van der Waals surface area contributed by atoms with Crippen molar-refractivity contribution < 1.29 is 0 Å². The van der Waals surface area contributed by atoms with Gasteiger partial charge in [0.1, 0.15) is 0 Å². The van der Waals surface area contributed by atoms with Gasteiger partial charge < -0.3 is 10.6 Å². The Morgan fingerprint density at radius 1 is 0.952 bits per heavy atom. The highest BCUT2D eigenvalue weighted by atomic mass is 32.1. The van der Waals surface area contributed by atoms with E-state index < -0.39 is 0 Å². The predicted molar refractivity (Wildman–Crippen MR) is 96.3 cm³/mol. The van der Waals surface area contributed by atoms with Crippen LogP contribution >= 0.6 is 12.2 Å². The van der Waals surface area contributed by atoms with E-state index in [2.05, 4.69) is 80.8 Å². The van der Waals surface area contributed by atoms with E-state index >= 15 is 0 Å². The highest BCUT2D eigenvalue weighted by Gasteiger charge is 2.03. The van der Waals surface area contributed by atoms with E-state index in [-0.39, 0.29) is 0 Å². The van der Waals surface area contributed by atoms with Crippen molar-refractivity contribution in [3.8, 4) is 0 Å². The third-order valence-corrected chi connectivity index (χ3v) is 3.67. The van der Waals surface area contributed by atoms with Gasteiger partial charge in [-0.3, -0.25) is 0 Å². The Hall–Kier alpha value is -1.87. The van der Waals surface area contributed by atoms with E-state index in [4.69, 9.17) is 12.2 Å². The van der Waals surface area contributed by atoms with Crippen LogP contribution in [0, 0.1) is 13.8 Å². The van der Waals surface area contributed by atoms with Gasteiger partial charge in [-0.1, -0.05) is 43.7 Å². The number of benzene rings is 2. The lowest BCUT2D eigenvalue weighted by Crippen LogP contribution is -2.19. The van der Waals surface area contributed by atoms with Crippen LogP contribution < -0.4 is 10.6 Å². The lowest BCUT2D eigenvalue weighted by atomic mass is 10.0. The van der Waals surface area contributed by atoms with Crippen molar-refractivity contribution in [1.82, 2.24) is 0 Å². The summed E-state index contributed by atoms with van der Waals surface area (Å²) in [4.78, 5) is 0. The van der Waals surface area contributed by atoms with Gasteiger partial charge in [0.15, 0.2) is 5.11 Å². The van der Waals surface area contributed by atoms with E-state index in [0.29, 0.717) is 11.0 Å². The minimum Gasteiger partial charge on any atom is -0.332 e. The molecule has 0 saturated heterocycles. The SMILES string of the molecule is Cc1ccc(NC(=S)Nc2ccc(C(C)C)cc2)c(C)c1. The Morgan fingerprint density at radius 2 is 1.62 bits per heavy atom. The van der Waals surface area contributed by atoms with Crippen molar-refractivity contribution >= 4 is 28.7 Å². The maximum Gasteiger partial charge on any atom is 0.175 e. The molecule has 2 aromatic rings. The Kier molecular flexibility index (Phi) is 4.97. The summed E-state index contributed by atoms with van der Waals surface area (Å²) in [7, 11) is 0. The first-order valence-corrected chi connectivity index (χ1v) is 7.62. The van der Waals surface area contributed by atoms with Crippen molar-refractivity contribution in [1.29, 1.82) is 0 Å². The normalized spacial score (nSPS) is 10.5. The van der Waals surface area contributed by atoms with Crippen LogP contribution in [-0.2, 0) is 0 Å². The quantitative estimate of drug-likeness (QED) is 0.758. The number of thiocarbonyl (C=S) groups is 1. The summed E-state index contributed by atoms with van der Waals surface area (Å²) < 4.78 is 0. The molecule has 2 nitrogen and oxygen atoms in total. The third kappa shape index (κ3) is 4.30. The van der Waals surface area contributed by atoms with Gasteiger partial charge in [-0.05, 0) is 61.3 Å². The molecule has 3 heteroatoms. The summed E-state index contributed by atoms with van der Waals surface area (Å²) in [5, 5.41) is 7.07. The Bertz CT molecular complexity index is 630. The molecule has 21 heavy (non-hydrogen) atoms. The third-order valence-electron chi connectivity index (χ3n) is 3.47. The second kappa shape index (κ2) is 6.72. The maximum atomic E-state index is 5.37. The van der Waals surface area contributed by atoms with Gasteiger partial charge in [-0.25, -0.2) is 0 Å². The minimum absolute atomic E-state index is 0.541. The molecule has 0 heterocycles. The summed E-state index contributed by atoms with van der Waals surface area (Å²) in [6, 6.07) is 14.7. The van der Waals surface area contributed by atoms with Crippen LogP contribution in [0.1, 0.15) is 36.5 Å². The van der Waals surface area contributed by atoms with E-state index in [1.807, 2.05) is 0 Å². The fourth-order valence-corrected chi connectivity index (χ4v) is 2.42. The molecule has 110 valence electrons. The molecule has 0 atom stereocenters. The van der Waals surface area contributed by atoms with Gasteiger partial charge in [0.05, 0.1) is 0 Å². The average Bonchev–Trinajstić information content (AvgIpc) is 2.42. The molecule has 0 aliphatic heterocycles. The zero-order valence-electron chi connectivity index (χ0n) is 13.0. The van der Waals surface area contributed by atoms with Gasteiger partial charge in [-0.15, -0.1) is 0 Å². The molecule has 0 unspecified atom stereocenters. The van der Waals surface area contributed by atoms with Crippen LogP contribution in [-0.4, -0.2) is 5.11 Å². The molecule has 0 aromatic heterocycles. The van der Waals surface area contributed by atoms with Crippen LogP contribution in [0.3, 0.4) is 0 Å². The van der Waals surface area contributed by atoms with E-state index in [0.717, 1.165) is 11.4 Å². The number of hydrogen-bond acceptors (Lipinski definition) is 1. The molecule has 0 amide bonds. The highest BCUT2D eigenvalue weighted by molar-refractivity contribution is 7.80. The number of anilines is 2. The molecule has 0 aliphatic carbocycles. The topological polar surface area (TPSA) is 24.1 Å².